The largest absolute Gasteiger partial charge is 0.444 e. The Balaban J connectivity index is 1.69. The quantitative estimate of drug-likeness (QED) is 0.767. The smallest absolute Gasteiger partial charge is 0.289 e. The highest BCUT2D eigenvalue weighted by atomic mass is 79.9. The topological polar surface area (TPSA) is 53.8 Å². The van der Waals surface area contributed by atoms with Crippen molar-refractivity contribution in [3.8, 4) is 0 Å². The van der Waals surface area contributed by atoms with Crippen molar-refractivity contribution < 1.29 is 14.0 Å². The van der Waals surface area contributed by atoms with E-state index in [2.05, 4.69) is 15.9 Å². The maximum atomic E-state index is 12.7. The monoisotopic (exact) mass is 404 g/mol. The Hall–Kier alpha value is -2.08. The average Bonchev–Trinajstić information content (AvgIpc) is 2.79. The summed E-state index contributed by atoms with van der Waals surface area (Å²) in [7, 11) is 0. The first-order valence-corrected chi connectivity index (χ1v) is 9.16. The number of halogens is 1. The van der Waals surface area contributed by atoms with Crippen LogP contribution in [0.2, 0.25) is 0 Å². The molecule has 2 aromatic rings. The van der Waals surface area contributed by atoms with Gasteiger partial charge in [-0.2, -0.15) is 0 Å². The van der Waals surface area contributed by atoms with E-state index in [1.807, 2.05) is 43.0 Å². The molecule has 1 aromatic heterocycles. The zero-order valence-corrected chi connectivity index (χ0v) is 16.0. The molecule has 0 N–H and O–H groups in total. The standard InChI is InChI=1S/C19H21BrN2O3/c1-13-5-3-6-15(11-13)18(23)21-7-4-8-22(10-9-21)19(24)17-14(2)12-16(20)25-17/h3,5-6,11-12H,4,7-10H2,1-2H3. The zero-order chi connectivity index (χ0) is 18.0. The maximum Gasteiger partial charge on any atom is 0.289 e. The summed E-state index contributed by atoms with van der Waals surface area (Å²) in [5.74, 6) is 0.272. The molecule has 3 rings (SSSR count). The van der Waals surface area contributed by atoms with Gasteiger partial charge in [0.1, 0.15) is 0 Å². The predicted octanol–water partition coefficient (Wildman–Crippen LogP) is 3.65. The first-order chi connectivity index (χ1) is 12.0. The van der Waals surface area contributed by atoms with Crippen molar-refractivity contribution in [1.82, 2.24) is 9.80 Å². The van der Waals surface area contributed by atoms with Crippen molar-refractivity contribution in [1.29, 1.82) is 0 Å². The lowest BCUT2D eigenvalue weighted by Crippen LogP contribution is -2.37. The van der Waals surface area contributed by atoms with Crippen molar-refractivity contribution in [2.24, 2.45) is 0 Å². The zero-order valence-electron chi connectivity index (χ0n) is 14.4. The Morgan fingerprint density at radius 2 is 1.68 bits per heavy atom. The van der Waals surface area contributed by atoms with E-state index in [-0.39, 0.29) is 11.8 Å². The molecule has 2 heterocycles. The molecular formula is C19H21BrN2O3. The van der Waals surface area contributed by atoms with E-state index < -0.39 is 0 Å². The van der Waals surface area contributed by atoms with Gasteiger partial charge in [-0.3, -0.25) is 9.59 Å². The second-order valence-electron chi connectivity index (χ2n) is 6.37. The van der Waals surface area contributed by atoms with Crippen LogP contribution in [-0.2, 0) is 0 Å². The minimum Gasteiger partial charge on any atom is -0.444 e. The van der Waals surface area contributed by atoms with Crippen LogP contribution < -0.4 is 0 Å². The molecule has 1 saturated heterocycles. The molecule has 25 heavy (non-hydrogen) atoms. The molecule has 0 bridgehead atoms. The molecule has 0 atom stereocenters. The number of hydrogen-bond donors (Lipinski definition) is 0. The summed E-state index contributed by atoms with van der Waals surface area (Å²) in [4.78, 5) is 29.0. The Morgan fingerprint density at radius 1 is 1.00 bits per heavy atom. The van der Waals surface area contributed by atoms with Crippen molar-refractivity contribution in [2.45, 2.75) is 20.3 Å². The Morgan fingerprint density at radius 3 is 2.28 bits per heavy atom. The summed E-state index contributed by atoms with van der Waals surface area (Å²) >= 11 is 3.26. The van der Waals surface area contributed by atoms with Gasteiger partial charge in [0.25, 0.3) is 11.8 Å². The molecule has 0 saturated carbocycles. The fourth-order valence-electron chi connectivity index (χ4n) is 3.08. The highest BCUT2D eigenvalue weighted by Gasteiger charge is 2.26. The van der Waals surface area contributed by atoms with E-state index in [0.717, 1.165) is 17.5 Å². The molecule has 132 valence electrons. The van der Waals surface area contributed by atoms with Gasteiger partial charge in [-0.05, 0) is 54.4 Å². The van der Waals surface area contributed by atoms with Crippen LogP contribution in [0.15, 0.2) is 39.4 Å². The third-order valence-corrected chi connectivity index (χ3v) is 4.81. The van der Waals surface area contributed by atoms with E-state index in [0.29, 0.717) is 42.2 Å². The lowest BCUT2D eigenvalue weighted by Gasteiger charge is -2.22. The third kappa shape index (κ3) is 3.95. The second kappa shape index (κ2) is 7.44. The van der Waals surface area contributed by atoms with Gasteiger partial charge in [-0.15, -0.1) is 0 Å². The first kappa shape index (κ1) is 17.7. The van der Waals surface area contributed by atoms with Crippen LogP contribution in [-0.4, -0.2) is 47.8 Å². The molecule has 1 aliphatic heterocycles. The summed E-state index contributed by atoms with van der Waals surface area (Å²) in [5, 5.41) is 0. The van der Waals surface area contributed by atoms with Crippen LogP contribution in [0, 0.1) is 13.8 Å². The van der Waals surface area contributed by atoms with Gasteiger partial charge < -0.3 is 14.2 Å². The van der Waals surface area contributed by atoms with Gasteiger partial charge in [-0.1, -0.05) is 17.7 Å². The Bertz CT molecular complexity index is 800. The molecule has 1 fully saturated rings. The van der Waals surface area contributed by atoms with E-state index in [9.17, 15) is 9.59 Å². The summed E-state index contributed by atoms with van der Waals surface area (Å²) in [6.07, 6.45) is 0.754. The Labute approximate surface area is 155 Å². The van der Waals surface area contributed by atoms with Crippen LogP contribution in [0.25, 0.3) is 0 Å². The molecule has 1 aromatic carbocycles. The van der Waals surface area contributed by atoms with E-state index in [4.69, 9.17) is 4.42 Å². The van der Waals surface area contributed by atoms with Crippen LogP contribution >= 0.6 is 15.9 Å². The minimum absolute atomic E-state index is 0.0231. The number of amides is 2. The van der Waals surface area contributed by atoms with Gasteiger partial charge in [-0.25, -0.2) is 0 Å². The number of rotatable bonds is 2. The summed E-state index contributed by atoms with van der Waals surface area (Å²) in [6, 6.07) is 9.41. The maximum absolute atomic E-state index is 12.7. The molecule has 0 unspecified atom stereocenters. The molecule has 2 amide bonds. The van der Waals surface area contributed by atoms with Crippen molar-refractivity contribution in [3.63, 3.8) is 0 Å². The van der Waals surface area contributed by atoms with Gasteiger partial charge in [0.2, 0.25) is 0 Å². The lowest BCUT2D eigenvalue weighted by atomic mass is 10.1. The number of furan rings is 1. The van der Waals surface area contributed by atoms with Gasteiger partial charge >= 0.3 is 0 Å². The molecule has 1 aliphatic rings. The first-order valence-electron chi connectivity index (χ1n) is 8.37. The van der Waals surface area contributed by atoms with Crippen LogP contribution in [0.5, 0.6) is 0 Å². The van der Waals surface area contributed by atoms with E-state index in [1.54, 1.807) is 11.0 Å². The summed E-state index contributed by atoms with van der Waals surface area (Å²) in [6.45, 7) is 6.13. The molecule has 0 spiro atoms. The molecular weight excluding hydrogens is 384 g/mol. The minimum atomic E-state index is -0.118. The van der Waals surface area contributed by atoms with Crippen LogP contribution in [0.1, 0.15) is 38.5 Å². The van der Waals surface area contributed by atoms with E-state index >= 15 is 0 Å². The highest BCUT2D eigenvalue weighted by molar-refractivity contribution is 9.10. The van der Waals surface area contributed by atoms with Crippen LogP contribution in [0.4, 0.5) is 0 Å². The van der Waals surface area contributed by atoms with Gasteiger partial charge in [0, 0.05) is 37.3 Å². The van der Waals surface area contributed by atoms with Crippen molar-refractivity contribution in [3.05, 3.63) is 57.5 Å². The molecule has 6 heteroatoms. The number of benzene rings is 1. The predicted molar refractivity (Wildman–Crippen MR) is 98.7 cm³/mol. The SMILES string of the molecule is Cc1cccc(C(=O)N2CCCN(C(=O)c3oc(Br)cc3C)CC2)c1. The highest BCUT2D eigenvalue weighted by Crippen LogP contribution is 2.22. The Kier molecular flexibility index (Phi) is 5.27. The number of hydrogen-bond acceptors (Lipinski definition) is 3. The third-order valence-electron chi connectivity index (χ3n) is 4.42. The fraction of sp³-hybridized carbons (Fsp3) is 0.368. The van der Waals surface area contributed by atoms with Gasteiger partial charge in [0.05, 0.1) is 0 Å². The van der Waals surface area contributed by atoms with Gasteiger partial charge in [0.15, 0.2) is 10.4 Å². The molecule has 0 radical (unpaired) electrons. The number of carbonyl (C=O) groups excluding carboxylic acids is 2. The molecule has 5 nitrogen and oxygen atoms in total. The van der Waals surface area contributed by atoms with Crippen LogP contribution in [0.3, 0.4) is 0 Å². The van der Waals surface area contributed by atoms with E-state index in [1.165, 1.54) is 0 Å². The summed E-state index contributed by atoms with van der Waals surface area (Å²) in [5.41, 5.74) is 2.58. The second-order valence-corrected chi connectivity index (χ2v) is 7.15. The fourth-order valence-corrected chi connectivity index (χ4v) is 3.59. The summed E-state index contributed by atoms with van der Waals surface area (Å²) < 4.78 is 6.03. The lowest BCUT2D eigenvalue weighted by molar-refractivity contribution is 0.0698. The molecule has 0 aliphatic carbocycles. The normalized spacial score (nSPS) is 15.2. The number of nitrogens with zero attached hydrogens (tertiary/aromatic N) is 2. The van der Waals surface area contributed by atoms with Crippen molar-refractivity contribution >= 4 is 27.7 Å². The number of aryl methyl sites for hydroxylation is 2. The van der Waals surface area contributed by atoms with Crippen molar-refractivity contribution in [2.75, 3.05) is 26.2 Å². The number of carbonyl (C=O) groups is 2. The average molecular weight is 405 g/mol.